The van der Waals surface area contributed by atoms with Crippen molar-refractivity contribution < 1.29 is 13.6 Å². The molecule has 3 unspecified atom stereocenters. The zero-order valence-corrected chi connectivity index (χ0v) is 24.2. The molecule has 1 aliphatic heterocycles. The van der Waals surface area contributed by atoms with Gasteiger partial charge in [0.25, 0.3) is 0 Å². The van der Waals surface area contributed by atoms with Crippen molar-refractivity contribution in [2.75, 3.05) is 19.6 Å². The van der Waals surface area contributed by atoms with Crippen molar-refractivity contribution >= 4 is 5.91 Å². The van der Waals surface area contributed by atoms with Gasteiger partial charge in [-0.25, -0.2) is 8.78 Å². The quantitative estimate of drug-likeness (QED) is 0.326. The number of nitrogens with zero attached hydrogens (tertiary/aromatic N) is 4. The number of aromatic nitrogens is 3. The summed E-state index contributed by atoms with van der Waals surface area (Å²) in [6, 6.07) is 11.3. The maximum Gasteiger partial charge on any atom is 0.248 e. The van der Waals surface area contributed by atoms with Gasteiger partial charge in [0.15, 0.2) is 0 Å². The molecule has 39 heavy (non-hydrogen) atoms. The first-order valence-electron chi connectivity index (χ1n) is 15.0. The van der Waals surface area contributed by atoms with E-state index >= 15 is 0 Å². The normalized spacial score (nSPS) is 21.8. The summed E-state index contributed by atoms with van der Waals surface area (Å²) in [5.41, 5.74) is 1.22. The molecule has 3 atom stereocenters. The van der Waals surface area contributed by atoms with E-state index in [9.17, 15) is 13.6 Å². The van der Waals surface area contributed by atoms with Gasteiger partial charge in [0.1, 0.15) is 11.6 Å². The maximum absolute atomic E-state index is 13.6. The van der Waals surface area contributed by atoms with Gasteiger partial charge in [-0.15, -0.1) is 10.2 Å². The molecule has 1 N–H and O–H groups in total. The predicted molar refractivity (Wildman–Crippen MR) is 151 cm³/mol. The highest BCUT2D eigenvalue weighted by molar-refractivity contribution is 5.78. The van der Waals surface area contributed by atoms with Crippen LogP contribution in [0.1, 0.15) is 114 Å². The molecule has 0 spiro atoms. The van der Waals surface area contributed by atoms with Crippen molar-refractivity contribution in [3.63, 3.8) is 0 Å². The Morgan fingerprint density at radius 3 is 2.51 bits per heavy atom. The summed E-state index contributed by atoms with van der Waals surface area (Å²) >= 11 is 0. The Hall–Kier alpha value is -2.35. The number of alkyl halides is 2. The van der Waals surface area contributed by atoms with Gasteiger partial charge in [-0.3, -0.25) is 4.79 Å². The second-order valence-corrected chi connectivity index (χ2v) is 12.0. The van der Waals surface area contributed by atoms with Gasteiger partial charge in [0, 0.05) is 49.2 Å². The highest BCUT2D eigenvalue weighted by Gasteiger charge is 2.37. The average molecular weight is 544 g/mol. The van der Waals surface area contributed by atoms with E-state index in [-0.39, 0.29) is 43.4 Å². The summed E-state index contributed by atoms with van der Waals surface area (Å²) < 4.78 is 29.5. The fraction of sp³-hybridized carbons (Fsp3) is 0.710. The van der Waals surface area contributed by atoms with Crippen LogP contribution in [0.25, 0.3) is 0 Å². The molecule has 1 amide bonds. The lowest BCUT2D eigenvalue weighted by Crippen LogP contribution is -2.38. The molecular weight excluding hydrogens is 496 g/mol. The van der Waals surface area contributed by atoms with Crippen LogP contribution in [0.2, 0.25) is 0 Å². The molecule has 1 aromatic carbocycles. The summed E-state index contributed by atoms with van der Waals surface area (Å²) in [7, 11) is 0. The Morgan fingerprint density at radius 2 is 1.85 bits per heavy atom. The molecule has 4 rings (SSSR count). The molecule has 0 bridgehead atoms. The lowest BCUT2D eigenvalue weighted by Gasteiger charge is -2.31. The van der Waals surface area contributed by atoms with E-state index in [4.69, 9.17) is 0 Å². The van der Waals surface area contributed by atoms with E-state index in [2.05, 4.69) is 64.8 Å². The number of carbonyl (C=O) groups excluding carboxylic acids is 1. The first-order valence-corrected chi connectivity index (χ1v) is 15.0. The van der Waals surface area contributed by atoms with Crippen molar-refractivity contribution in [2.45, 2.75) is 115 Å². The predicted octanol–water partition coefficient (Wildman–Crippen LogP) is 6.63. The molecule has 6 nitrogen and oxygen atoms in total. The van der Waals surface area contributed by atoms with Crippen molar-refractivity contribution in [1.82, 2.24) is 25.0 Å². The van der Waals surface area contributed by atoms with Crippen molar-refractivity contribution in [3.05, 3.63) is 47.5 Å². The minimum Gasteiger partial charge on any atom is -0.355 e. The van der Waals surface area contributed by atoms with Crippen LogP contribution in [0.4, 0.5) is 8.78 Å². The Morgan fingerprint density at radius 1 is 1.13 bits per heavy atom. The van der Waals surface area contributed by atoms with E-state index in [1.54, 1.807) is 0 Å². The number of hydrogen-bond donors (Lipinski definition) is 1. The van der Waals surface area contributed by atoms with Crippen molar-refractivity contribution in [2.24, 2.45) is 5.92 Å². The van der Waals surface area contributed by atoms with Crippen LogP contribution in [0.15, 0.2) is 30.3 Å². The largest absolute Gasteiger partial charge is 0.355 e. The van der Waals surface area contributed by atoms with Gasteiger partial charge in [-0.05, 0) is 70.5 Å². The molecule has 216 valence electrons. The lowest BCUT2D eigenvalue weighted by molar-refractivity contribution is -0.129. The highest BCUT2D eigenvalue weighted by atomic mass is 19.3. The summed E-state index contributed by atoms with van der Waals surface area (Å²) in [6.45, 7) is 11.3. The first kappa shape index (κ1) is 29.6. The number of aryl methyl sites for hydroxylation is 1. The Balaban J connectivity index is 1.37. The molecule has 0 radical (unpaired) electrons. The van der Waals surface area contributed by atoms with Gasteiger partial charge < -0.3 is 14.8 Å². The average Bonchev–Trinajstić information content (AvgIpc) is 3.53. The van der Waals surface area contributed by atoms with Crippen LogP contribution in [-0.4, -0.2) is 57.2 Å². The molecule has 2 fully saturated rings. The fourth-order valence-electron chi connectivity index (χ4n) is 6.56. The summed E-state index contributed by atoms with van der Waals surface area (Å²) in [4.78, 5) is 15.5. The van der Waals surface area contributed by atoms with Crippen LogP contribution >= 0.6 is 0 Å². The molecule has 1 saturated carbocycles. The third kappa shape index (κ3) is 7.65. The van der Waals surface area contributed by atoms with E-state index in [0.717, 1.165) is 44.0 Å². The summed E-state index contributed by atoms with van der Waals surface area (Å²) in [5, 5.41) is 12.0. The highest BCUT2D eigenvalue weighted by Crippen LogP contribution is 2.36. The van der Waals surface area contributed by atoms with E-state index in [1.165, 1.54) is 18.4 Å². The maximum atomic E-state index is 13.6. The Bertz CT molecular complexity index is 1050. The Kier molecular flexibility index (Phi) is 10.1. The molecule has 2 heterocycles. The monoisotopic (exact) mass is 543 g/mol. The lowest BCUT2D eigenvalue weighted by atomic mass is 9.86. The SMILES string of the molecule is CCC(CC1CCCN1CCC(CNC(=O)C1CCC(F)(F)CC1)c1ccccc1)n1c(C)nnc1C(C)C. The van der Waals surface area contributed by atoms with E-state index in [1.807, 2.05) is 18.2 Å². The van der Waals surface area contributed by atoms with Crippen LogP contribution in [-0.2, 0) is 4.79 Å². The number of carbonyl (C=O) groups is 1. The standard InChI is InChI=1S/C31H47F2N5O/c1-5-27(38-23(4)35-36-29(38)22(2)3)20-28-12-9-18-37(28)19-15-26(24-10-7-6-8-11-24)21-34-30(39)25-13-16-31(32,33)17-14-25/h6-8,10-11,22,25-28H,5,9,12-21H2,1-4H3,(H,34,39). The van der Waals surface area contributed by atoms with Crippen LogP contribution < -0.4 is 5.32 Å². The summed E-state index contributed by atoms with van der Waals surface area (Å²) in [5.74, 6) is -0.381. The van der Waals surface area contributed by atoms with Gasteiger partial charge in [-0.1, -0.05) is 51.1 Å². The fourth-order valence-corrected chi connectivity index (χ4v) is 6.56. The minimum atomic E-state index is -2.62. The second kappa shape index (κ2) is 13.3. The number of amides is 1. The zero-order chi connectivity index (χ0) is 28.0. The molecular formula is C31H47F2N5O. The second-order valence-electron chi connectivity index (χ2n) is 12.0. The number of nitrogens with one attached hydrogen (secondary N) is 1. The van der Waals surface area contributed by atoms with Crippen LogP contribution in [0.5, 0.6) is 0 Å². The smallest absolute Gasteiger partial charge is 0.248 e. The van der Waals surface area contributed by atoms with E-state index in [0.29, 0.717) is 24.5 Å². The third-order valence-electron chi connectivity index (χ3n) is 8.94. The molecule has 2 aromatic rings. The van der Waals surface area contributed by atoms with Crippen LogP contribution in [0.3, 0.4) is 0 Å². The molecule has 1 aromatic heterocycles. The molecule has 8 heteroatoms. The van der Waals surface area contributed by atoms with Crippen molar-refractivity contribution in [3.8, 4) is 0 Å². The van der Waals surface area contributed by atoms with Gasteiger partial charge in [0.2, 0.25) is 11.8 Å². The number of hydrogen-bond acceptors (Lipinski definition) is 4. The molecule has 2 aliphatic rings. The topological polar surface area (TPSA) is 63.1 Å². The van der Waals surface area contributed by atoms with Crippen LogP contribution in [0, 0.1) is 12.8 Å². The summed E-state index contributed by atoms with van der Waals surface area (Å²) in [6.07, 6.45) is 5.67. The van der Waals surface area contributed by atoms with Crippen molar-refractivity contribution in [1.29, 1.82) is 0 Å². The Labute approximate surface area is 232 Å². The third-order valence-corrected chi connectivity index (χ3v) is 8.94. The number of halogens is 2. The molecule has 1 aliphatic carbocycles. The first-order chi connectivity index (χ1) is 18.7. The number of likely N-dealkylation sites (tertiary alicyclic amines) is 1. The van der Waals surface area contributed by atoms with Gasteiger partial charge in [-0.2, -0.15) is 0 Å². The zero-order valence-electron chi connectivity index (χ0n) is 24.2. The van der Waals surface area contributed by atoms with E-state index < -0.39 is 5.92 Å². The number of rotatable bonds is 12. The number of benzene rings is 1. The molecule has 1 saturated heterocycles. The van der Waals surface area contributed by atoms with Gasteiger partial charge >= 0.3 is 0 Å². The minimum absolute atomic E-state index is 0.0680. The van der Waals surface area contributed by atoms with Gasteiger partial charge in [0.05, 0.1) is 0 Å².